The lowest BCUT2D eigenvalue weighted by atomic mass is 9.77. The molecule has 1 aliphatic heterocycles. The van der Waals surface area contributed by atoms with E-state index < -0.39 is 0 Å². The van der Waals surface area contributed by atoms with Crippen LogP contribution in [0.25, 0.3) is 0 Å². The van der Waals surface area contributed by atoms with E-state index in [1.807, 2.05) is 12.3 Å². The van der Waals surface area contributed by atoms with E-state index in [0.29, 0.717) is 0 Å². The molecule has 2 heterocycles. The highest BCUT2D eigenvalue weighted by Gasteiger charge is 2.39. The highest BCUT2D eigenvalue weighted by atomic mass is 32.1. The molecule has 13 heavy (non-hydrogen) atoms. The molecule has 0 aromatic carbocycles. The van der Waals surface area contributed by atoms with Crippen LogP contribution in [0.15, 0.2) is 24.5 Å². The zero-order valence-electron chi connectivity index (χ0n) is 7.44. The van der Waals surface area contributed by atoms with Crippen LogP contribution in [0.3, 0.4) is 0 Å². The minimum atomic E-state index is 0.204. The van der Waals surface area contributed by atoms with E-state index in [2.05, 4.69) is 23.7 Å². The first kappa shape index (κ1) is 9.03. The van der Waals surface area contributed by atoms with Gasteiger partial charge in [0.2, 0.25) is 0 Å². The number of pyridine rings is 1. The monoisotopic (exact) mass is 195 g/mol. The molecule has 0 aliphatic carbocycles. The van der Waals surface area contributed by atoms with Crippen molar-refractivity contribution in [1.82, 2.24) is 4.98 Å². The standard InChI is InChI=1S/C10H13NOS/c13-5-3-10(7-12-8-10)9-2-1-4-11-6-9/h1-2,4,6,13H,3,5,7-8H2. The van der Waals surface area contributed by atoms with Crippen LogP contribution in [-0.2, 0) is 10.2 Å². The van der Waals surface area contributed by atoms with E-state index in [4.69, 9.17) is 4.74 Å². The van der Waals surface area contributed by atoms with Gasteiger partial charge in [0, 0.05) is 17.8 Å². The van der Waals surface area contributed by atoms with Gasteiger partial charge in [0.05, 0.1) is 13.2 Å². The van der Waals surface area contributed by atoms with E-state index in [1.54, 1.807) is 6.20 Å². The SMILES string of the molecule is SCCC1(c2cccnc2)COC1. The fraction of sp³-hybridized carbons (Fsp3) is 0.500. The van der Waals surface area contributed by atoms with Gasteiger partial charge in [-0.2, -0.15) is 12.6 Å². The summed E-state index contributed by atoms with van der Waals surface area (Å²) in [5.41, 5.74) is 1.49. The number of rotatable bonds is 3. The predicted octanol–water partition coefficient (Wildman–Crippen LogP) is 1.67. The van der Waals surface area contributed by atoms with Gasteiger partial charge in [-0.05, 0) is 23.8 Å². The maximum atomic E-state index is 5.28. The summed E-state index contributed by atoms with van der Waals surface area (Å²) >= 11 is 4.28. The Labute approximate surface area is 83.7 Å². The number of ether oxygens (including phenoxy) is 1. The average Bonchev–Trinajstić information content (AvgIpc) is 2.13. The van der Waals surface area contributed by atoms with Crippen molar-refractivity contribution in [1.29, 1.82) is 0 Å². The molecule has 0 atom stereocenters. The van der Waals surface area contributed by atoms with Crippen LogP contribution in [0.2, 0.25) is 0 Å². The summed E-state index contributed by atoms with van der Waals surface area (Å²) in [4.78, 5) is 4.13. The van der Waals surface area contributed by atoms with Gasteiger partial charge in [-0.25, -0.2) is 0 Å². The average molecular weight is 195 g/mol. The van der Waals surface area contributed by atoms with E-state index in [1.165, 1.54) is 5.56 Å². The second kappa shape index (κ2) is 3.68. The number of thiol groups is 1. The predicted molar refractivity (Wildman–Crippen MR) is 55.2 cm³/mol. The normalized spacial score (nSPS) is 19.5. The molecule has 0 saturated carbocycles. The number of hydrogen-bond acceptors (Lipinski definition) is 3. The quantitative estimate of drug-likeness (QED) is 0.741. The minimum absolute atomic E-state index is 0.204. The van der Waals surface area contributed by atoms with Gasteiger partial charge in [0.1, 0.15) is 0 Å². The summed E-state index contributed by atoms with van der Waals surface area (Å²) in [7, 11) is 0. The highest BCUT2D eigenvalue weighted by molar-refractivity contribution is 7.80. The third-order valence-electron chi connectivity index (χ3n) is 2.62. The van der Waals surface area contributed by atoms with Crippen LogP contribution in [0.1, 0.15) is 12.0 Å². The fourth-order valence-electron chi connectivity index (χ4n) is 1.69. The molecule has 0 N–H and O–H groups in total. The van der Waals surface area contributed by atoms with E-state index in [-0.39, 0.29) is 5.41 Å². The summed E-state index contributed by atoms with van der Waals surface area (Å²) in [6, 6.07) is 4.10. The molecule has 70 valence electrons. The molecule has 0 unspecified atom stereocenters. The van der Waals surface area contributed by atoms with Crippen LogP contribution in [0.4, 0.5) is 0 Å². The van der Waals surface area contributed by atoms with E-state index in [9.17, 15) is 0 Å². The van der Waals surface area contributed by atoms with Crippen LogP contribution in [0, 0.1) is 0 Å². The van der Waals surface area contributed by atoms with Crippen molar-refractivity contribution in [2.24, 2.45) is 0 Å². The molecule has 1 fully saturated rings. The summed E-state index contributed by atoms with van der Waals surface area (Å²) in [6.07, 6.45) is 4.81. The molecule has 0 spiro atoms. The zero-order valence-corrected chi connectivity index (χ0v) is 8.33. The molecule has 2 nitrogen and oxygen atoms in total. The highest BCUT2D eigenvalue weighted by Crippen LogP contribution is 2.35. The molecule has 1 saturated heterocycles. The summed E-state index contributed by atoms with van der Waals surface area (Å²) in [5.74, 6) is 0.901. The Morgan fingerprint density at radius 2 is 2.38 bits per heavy atom. The van der Waals surface area contributed by atoms with Crippen molar-refractivity contribution in [3.63, 3.8) is 0 Å². The Morgan fingerprint density at radius 1 is 1.54 bits per heavy atom. The van der Waals surface area contributed by atoms with Gasteiger partial charge in [-0.15, -0.1) is 0 Å². The number of aromatic nitrogens is 1. The van der Waals surface area contributed by atoms with Gasteiger partial charge >= 0.3 is 0 Å². The molecule has 2 rings (SSSR count). The van der Waals surface area contributed by atoms with Crippen molar-refractivity contribution in [3.05, 3.63) is 30.1 Å². The lowest BCUT2D eigenvalue weighted by Gasteiger charge is -2.41. The zero-order chi connectivity index (χ0) is 9.15. The van der Waals surface area contributed by atoms with Crippen LogP contribution in [0.5, 0.6) is 0 Å². The molecule has 1 aromatic heterocycles. The lowest BCUT2D eigenvalue weighted by Crippen LogP contribution is -2.47. The molecule has 1 aliphatic rings. The molecule has 0 amide bonds. The largest absolute Gasteiger partial charge is 0.379 e. The van der Waals surface area contributed by atoms with Crippen molar-refractivity contribution in [3.8, 4) is 0 Å². The van der Waals surface area contributed by atoms with Crippen molar-refractivity contribution >= 4 is 12.6 Å². The second-order valence-electron chi connectivity index (χ2n) is 3.49. The fourth-order valence-corrected chi connectivity index (χ4v) is 2.12. The van der Waals surface area contributed by atoms with Crippen molar-refractivity contribution in [2.45, 2.75) is 11.8 Å². The van der Waals surface area contributed by atoms with Gasteiger partial charge in [-0.3, -0.25) is 4.98 Å². The summed E-state index contributed by atoms with van der Waals surface area (Å²) < 4.78 is 5.28. The Kier molecular flexibility index (Phi) is 2.56. The third-order valence-corrected chi connectivity index (χ3v) is 2.84. The summed E-state index contributed by atoms with van der Waals surface area (Å²) in [5, 5.41) is 0. The molecule has 0 bridgehead atoms. The Bertz CT molecular complexity index is 272. The Morgan fingerprint density at radius 3 is 2.85 bits per heavy atom. The smallest absolute Gasteiger partial charge is 0.0586 e. The maximum absolute atomic E-state index is 5.28. The molecule has 1 aromatic rings. The second-order valence-corrected chi connectivity index (χ2v) is 3.94. The minimum Gasteiger partial charge on any atom is -0.379 e. The molecule has 3 heteroatoms. The first-order valence-corrected chi connectivity index (χ1v) is 5.10. The topological polar surface area (TPSA) is 22.1 Å². The number of hydrogen-bond donors (Lipinski definition) is 1. The first-order valence-electron chi connectivity index (χ1n) is 4.46. The van der Waals surface area contributed by atoms with E-state index >= 15 is 0 Å². The van der Waals surface area contributed by atoms with Gasteiger partial charge in [-0.1, -0.05) is 6.07 Å². The van der Waals surface area contributed by atoms with Crippen LogP contribution < -0.4 is 0 Å². The van der Waals surface area contributed by atoms with Gasteiger partial charge in [0.15, 0.2) is 0 Å². The van der Waals surface area contributed by atoms with Gasteiger partial charge < -0.3 is 4.74 Å². The van der Waals surface area contributed by atoms with E-state index in [0.717, 1.165) is 25.4 Å². The molecular weight excluding hydrogens is 182 g/mol. The lowest BCUT2D eigenvalue weighted by molar-refractivity contribution is -0.0615. The molecular formula is C10H13NOS. The maximum Gasteiger partial charge on any atom is 0.0586 e. The third kappa shape index (κ3) is 1.58. The van der Waals surface area contributed by atoms with Crippen molar-refractivity contribution < 1.29 is 4.74 Å². The Balaban J connectivity index is 2.22. The van der Waals surface area contributed by atoms with Crippen LogP contribution >= 0.6 is 12.6 Å². The summed E-state index contributed by atoms with van der Waals surface area (Å²) in [6.45, 7) is 1.64. The van der Waals surface area contributed by atoms with Crippen LogP contribution in [-0.4, -0.2) is 24.0 Å². The van der Waals surface area contributed by atoms with Gasteiger partial charge in [0.25, 0.3) is 0 Å². The van der Waals surface area contributed by atoms with Crippen molar-refractivity contribution in [2.75, 3.05) is 19.0 Å². The Hall–Kier alpha value is -0.540. The molecule has 0 radical (unpaired) electrons. The number of nitrogens with zero attached hydrogens (tertiary/aromatic N) is 1. The first-order chi connectivity index (χ1) is 6.37.